The first kappa shape index (κ1) is 13.7. The lowest BCUT2D eigenvalue weighted by Gasteiger charge is -2.18. The SMILES string of the molecule is CC(NC(=O)[C@H]1CCCN1)c1ccc(Cl)c(Cl)c1. The second-order valence-corrected chi connectivity index (χ2v) is 5.37. The highest BCUT2D eigenvalue weighted by Gasteiger charge is 2.23. The van der Waals surface area contributed by atoms with E-state index in [2.05, 4.69) is 10.6 Å². The molecule has 0 saturated carbocycles. The number of halogens is 2. The molecule has 1 aliphatic rings. The molecule has 1 heterocycles. The van der Waals surface area contributed by atoms with Gasteiger partial charge in [-0.25, -0.2) is 0 Å². The molecule has 98 valence electrons. The second-order valence-electron chi connectivity index (χ2n) is 4.55. The molecular weight excluding hydrogens is 271 g/mol. The predicted molar refractivity (Wildman–Crippen MR) is 74.0 cm³/mol. The fourth-order valence-electron chi connectivity index (χ4n) is 2.09. The van der Waals surface area contributed by atoms with Gasteiger partial charge in [0.15, 0.2) is 0 Å². The summed E-state index contributed by atoms with van der Waals surface area (Å²) in [5, 5.41) is 7.19. The number of carbonyl (C=O) groups excluding carboxylic acids is 1. The van der Waals surface area contributed by atoms with E-state index in [-0.39, 0.29) is 18.0 Å². The van der Waals surface area contributed by atoms with Gasteiger partial charge in [-0.2, -0.15) is 0 Å². The third-order valence-electron chi connectivity index (χ3n) is 3.18. The summed E-state index contributed by atoms with van der Waals surface area (Å²) < 4.78 is 0. The van der Waals surface area contributed by atoms with E-state index in [0.29, 0.717) is 10.0 Å². The maximum absolute atomic E-state index is 11.9. The molecule has 1 amide bonds. The zero-order chi connectivity index (χ0) is 13.1. The predicted octanol–water partition coefficient (Wildman–Crippen LogP) is 2.92. The molecule has 18 heavy (non-hydrogen) atoms. The fourth-order valence-corrected chi connectivity index (χ4v) is 2.39. The number of rotatable bonds is 3. The Bertz CT molecular complexity index is 445. The molecule has 1 saturated heterocycles. The Balaban J connectivity index is 2.00. The van der Waals surface area contributed by atoms with Gasteiger partial charge in [0.2, 0.25) is 5.91 Å². The molecule has 1 aliphatic heterocycles. The molecule has 1 aromatic carbocycles. The molecule has 2 N–H and O–H groups in total. The van der Waals surface area contributed by atoms with Crippen molar-refractivity contribution in [1.29, 1.82) is 0 Å². The van der Waals surface area contributed by atoms with Crippen molar-refractivity contribution < 1.29 is 4.79 Å². The molecule has 0 spiro atoms. The van der Waals surface area contributed by atoms with Crippen LogP contribution in [0.4, 0.5) is 0 Å². The minimum atomic E-state index is -0.0744. The number of benzene rings is 1. The number of carbonyl (C=O) groups is 1. The zero-order valence-corrected chi connectivity index (χ0v) is 11.7. The van der Waals surface area contributed by atoms with Crippen LogP contribution in [0.3, 0.4) is 0 Å². The minimum Gasteiger partial charge on any atom is -0.348 e. The highest BCUT2D eigenvalue weighted by Crippen LogP contribution is 2.25. The molecule has 0 radical (unpaired) electrons. The summed E-state index contributed by atoms with van der Waals surface area (Å²) >= 11 is 11.8. The van der Waals surface area contributed by atoms with Gasteiger partial charge in [0.25, 0.3) is 0 Å². The number of nitrogens with one attached hydrogen (secondary N) is 2. The summed E-state index contributed by atoms with van der Waals surface area (Å²) in [5.74, 6) is 0.0473. The van der Waals surface area contributed by atoms with E-state index in [0.717, 1.165) is 24.9 Å². The van der Waals surface area contributed by atoms with Crippen LogP contribution in [-0.2, 0) is 4.79 Å². The average Bonchev–Trinajstić information content (AvgIpc) is 2.86. The molecular formula is C13H16Cl2N2O. The minimum absolute atomic E-state index is 0.0473. The molecule has 5 heteroatoms. The van der Waals surface area contributed by atoms with Crippen molar-refractivity contribution >= 4 is 29.1 Å². The normalized spacial score (nSPS) is 20.7. The zero-order valence-electron chi connectivity index (χ0n) is 10.2. The van der Waals surface area contributed by atoms with E-state index in [1.165, 1.54) is 0 Å². The number of amides is 1. The highest BCUT2D eigenvalue weighted by atomic mass is 35.5. The summed E-state index contributed by atoms with van der Waals surface area (Å²) in [6, 6.07) is 5.28. The second kappa shape index (κ2) is 5.91. The van der Waals surface area contributed by atoms with Crippen molar-refractivity contribution in [3.8, 4) is 0 Å². The van der Waals surface area contributed by atoms with E-state index in [1.54, 1.807) is 12.1 Å². The summed E-state index contributed by atoms with van der Waals surface area (Å²) in [5.41, 5.74) is 0.954. The van der Waals surface area contributed by atoms with Gasteiger partial charge in [-0.1, -0.05) is 29.3 Å². The van der Waals surface area contributed by atoms with E-state index < -0.39 is 0 Å². The molecule has 0 aliphatic carbocycles. The van der Waals surface area contributed by atoms with Crippen molar-refractivity contribution in [3.63, 3.8) is 0 Å². The molecule has 1 unspecified atom stereocenters. The largest absolute Gasteiger partial charge is 0.348 e. The number of hydrogen-bond acceptors (Lipinski definition) is 2. The van der Waals surface area contributed by atoms with Crippen LogP contribution in [0.2, 0.25) is 10.0 Å². The summed E-state index contributed by atoms with van der Waals surface area (Å²) in [6.07, 6.45) is 1.96. The first-order chi connectivity index (χ1) is 8.58. The fraction of sp³-hybridized carbons (Fsp3) is 0.462. The highest BCUT2D eigenvalue weighted by molar-refractivity contribution is 6.42. The molecule has 2 rings (SSSR count). The van der Waals surface area contributed by atoms with Gasteiger partial charge in [0, 0.05) is 0 Å². The van der Waals surface area contributed by atoms with Crippen LogP contribution in [0, 0.1) is 0 Å². The van der Waals surface area contributed by atoms with Crippen LogP contribution in [0.25, 0.3) is 0 Å². The molecule has 3 nitrogen and oxygen atoms in total. The first-order valence-corrected chi connectivity index (χ1v) is 6.82. The molecule has 0 aromatic heterocycles. The lowest BCUT2D eigenvalue weighted by atomic mass is 10.1. The standard InChI is InChI=1S/C13H16Cl2N2O/c1-8(9-4-5-10(14)11(15)7-9)17-13(18)12-3-2-6-16-12/h4-5,7-8,12,16H,2-3,6H2,1H3,(H,17,18)/t8?,12-/m1/s1. The quantitative estimate of drug-likeness (QED) is 0.897. The van der Waals surface area contributed by atoms with E-state index in [9.17, 15) is 4.79 Å². The van der Waals surface area contributed by atoms with Crippen LogP contribution in [-0.4, -0.2) is 18.5 Å². The Morgan fingerprint density at radius 2 is 2.22 bits per heavy atom. The molecule has 1 aromatic rings. The van der Waals surface area contributed by atoms with Gasteiger partial charge in [0.05, 0.1) is 22.1 Å². The molecule has 2 atom stereocenters. The third kappa shape index (κ3) is 3.16. The van der Waals surface area contributed by atoms with Crippen LogP contribution >= 0.6 is 23.2 Å². The van der Waals surface area contributed by atoms with Gasteiger partial charge >= 0.3 is 0 Å². The van der Waals surface area contributed by atoms with Crippen molar-refractivity contribution in [2.75, 3.05) is 6.54 Å². The van der Waals surface area contributed by atoms with Crippen molar-refractivity contribution in [3.05, 3.63) is 33.8 Å². The topological polar surface area (TPSA) is 41.1 Å². The molecule has 1 fully saturated rings. The summed E-state index contributed by atoms with van der Waals surface area (Å²) in [7, 11) is 0. The first-order valence-electron chi connectivity index (χ1n) is 6.06. The smallest absolute Gasteiger partial charge is 0.237 e. The van der Waals surface area contributed by atoms with Gasteiger partial charge < -0.3 is 10.6 Å². The Hall–Kier alpha value is -0.770. The van der Waals surface area contributed by atoms with Gasteiger partial charge in [0.1, 0.15) is 0 Å². The van der Waals surface area contributed by atoms with Crippen molar-refractivity contribution in [2.45, 2.75) is 31.8 Å². The van der Waals surface area contributed by atoms with E-state index in [4.69, 9.17) is 23.2 Å². The van der Waals surface area contributed by atoms with Crippen LogP contribution in [0.15, 0.2) is 18.2 Å². The maximum Gasteiger partial charge on any atom is 0.237 e. The monoisotopic (exact) mass is 286 g/mol. The Morgan fingerprint density at radius 3 is 2.83 bits per heavy atom. The van der Waals surface area contributed by atoms with Gasteiger partial charge in [-0.05, 0) is 44.0 Å². The van der Waals surface area contributed by atoms with Gasteiger partial charge in [-0.15, -0.1) is 0 Å². The van der Waals surface area contributed by atoms with Crippen LogP contribution < -0.4 is 10.6 Å². The van der Waals surface area contributed by atoms with Crippen LogP contribution in [0.5, 0.6) is 0 Å². The van der Waals surface area contributed by atoms with Gasteiger partial charge in [-0.3, -0.25) is 4.79 Å². The number of hydrogen-bond donors (Lipinski definition) is 2. The van der Waals surface area contributed by atoms with E-state index >= 15 is 0 Å². The lowest BCUT2D eigenvalue weighted by Crippen LogP contribution is -2.41. The Morgan fingerprint density at radius 1 is 1.44 bits per heavy atom. The van der Waals surface area contributed by atoms with Crippen molar-refractivity contribution in [1.82, 2.24) is 10.6 Å². The summed E-state index contributed by atoms with van der Waals surface area (Å²) in [6.45, 7) is 2.85. The lowest BCUT2D eigenvalue weighted by molar-refractivity contribution is -0.123. The van der Waals surface area contributed by atoms with Crippen molar-refractivity contribution in [2.24, 2.45) is 0 Å². The third-order valence-corrected chi connectivity index (χ3v) is 3.92. The summed E-state index contributed by atoms with van der Waals surface area (Å²) in [4.78, 5) is 11.9. The maximum atomic E-state index is 11.9. The molecule has 0 bridgehead atoms. The average molecular weight is 287 g/mol. The Labute approximate surface area is 117 Å². The Kier molecular flexibility index (Phi) is 4.49. The van der Waals surface area contributed by atoms with E-state index in [1.807, 2.05) is 13.0 Å². The van der Waals surface area contributed by atoms with Crippen LogP contribution in [0.1, 0.15) is 31.4 Å².